The summed E-state index contributed by atoms with van der Waals surface area (Å²) in [6.45, 7) is 12.9. The summed E-state index contributed by atoms with van der Waals surface area (Å²) in [5, 5.41) is 5.78. The number of amides is 2. The van der Waals surface area contributed by atoms with Gasteiger partial charge in [0, 0.05) is 5.41 Å². The molecule has 2 aliphatic heterocycles. The molecule has 2 saturated heterocycles. The van der Waals surface area contributed by atoms with Crippen LogP contribution in [0.25, 0.3) is 0 Å². The van der Waals surface area contributed by atoms with Crippen molar-refractivity contribution in [2.75, 3.05) is 39.6 Å². The van der Waals surface area contributed by atoms with Gasteiger partial charge in [-0.15, -0.1) is 0 Å². The van der Waals surface area contributed by atoms with Gasteiger partial charge in [0.2, 0.25) is 0 Å². The summed E-state index contributed by atoms with van der Waals surface area (Å²) in [4.78, 5) is 25.4. The molecule has 260 valence electrons. The number of ether oxygens (including phenoxy) is 8. The minimum absolute atomic E-state index is 0.145. The van der Waals surface area contributed by atoms with Crippen molar-refractivity contribution in [2.45, 2.75) is 90.6 Å². The molecule has 2 aliphatic rings. The summed E-state index contributed by atoms with van der Waals surface area (Å²) in [7, 11) is 0. The average molecular weight is 659 g/mol. The van der Waals surface area contributed by atoms with Gasteiger partial charge in [-0.2, -0.15) is 0 Å². The zero-order chi connectivity index (χ0) is 33.9. The molecule has 2 N–H and O–H groups in total. The molecule has 12 heteroatoms. The summed E-state index contributed by atoms with van der Waals surface area (Å²) in [6.07, 6.45) is -2.16. The maximum atomic E-state index is 12.7. The molecule has 2 amide bonds. The van der Waals surface area contributed by atoms with E-state index in [1.165, 1.54) is 0 Å². The second-order valence-electron chi connectivity index (χ2n) is 13.5. The Morgan fingerprint density at radius 2 is 1.02 bits per heavy atom. The van der Waals surface area contributed by atoms with Crippen molar-refractivity contribution >= 4 is 12.2 Å². The summed E-state index contributed by atoms with van der Waals surface area (Å²) < 4.78 is 47.3. The van der Waals surface area contributed by atoms with Crippen LogP contribution in [0, 0.1) is 5.41 Å². The highest BCUT2D eigenvalue weighted by atomic mass is 16.7. The Balaban J connectivity index is 1.31. The molecule has 2 heterocycles. The first-order valence-corrected chi connectivity index (χ1v) is 16.0. The third-order valence-electron chi connectivity index (χ3n) is 7.72. The first kappa shape index (κ1) is 36.6. The molecular weight excluding hydrogens is 608 g/mol. The zero-order valence-corrected chi connectivity index (χ0v) is 28.3. The van der Waals surface area contributed by atoms with Crippen LogP contribution in [0.1, 0.15) is 52.7 Å². The molecule has 0 bridgehead atoms. The fourth-order valence-corrected chi connectivity index (χ4v) is 4.81. The van der Waals surface area contributed by atoms with Gasteiger partial charge in [-0.25, -0.2) is 9.59 Å². The predicted molar refractivity (Wildman–Crippen MR) is 172 cm³/mol. The quantitative estimate of drug-likeness (QED) is 0.323. The number of carbonyl (C=O) groups excluding carboxylic acids is 2. The van der Waals surface area contributed by atoms with Gasteiger partial charge in [0.25, 0.3) is 0 Å². The number of hydrogen-bond acceptors (Lipinski definition) is 10. The SMILES string of the molecule is CC(C)(COC1COC(C)(C)OCC1NC(=O)OCc1ccccc1)COC1COC(C)(C)OCC1NC(=O)OCc1ccccc1. The maximum Gasteiger partial charge on any atom is 0.407 e. The fraction of sp³-hybridized carbons (Fsp3) is 0.600. The molecule has 12 nitrogen and oxygen atoms in total. The lowest BCUT2D eigenvalue weighted by atomic mass is 9.96. The van der Waals surface area contributed by atoms with Crippen LogP contribution in [0.15, 0.2) is 60.7 Å². The molecular formula is C35H50N2O10. The lowest BCUT2D eigenvalue weighted by Crippen LogP contribution is -2.50. The van der Waals surface area contributed by atoms with E-state index in [2.05, 4.69) is 10.6 Å². The van der Waals surface area contributed by atoms with E-state index in [9.17, 15) is 9.59 Å². The summed E-state index contributed by atoms with van der Waals surface area (Å²) in [5.74, 6) is -1.69. The van der Waals surface area contributed by atoms with E-state index in [1.807, 2.05) is 102 Å². The molecule has 2 fully saturated rings. The monoisotopic (exact) mass is 658 g/mol. The average Bonchev–Trinajstić information content (AvgIpc) is 3.28. The predicted octanol–water partition coefficient (Wildman–Crippen LogP) is 4.94. The highest BCUT2D eigenvalue weighted by molar-refractivity contribution is 5.68. The molecule has 0 spiro atoms. The van der Waals surface area contributed by atoms with Crippen LogP contribution in [0.3, 0.4) is 0 Å². The van der Waals surface area contributed by atoms with E-state index in [4.69, 9.17) is 37.9 Å². The van der Waals surface area contributed by atoms with Crippen molar-refractivity contribution in [1.29, 1.82) is 0 Å². The van der Waals surface area contributed by atoms with Crippen molar-refractivity contribution in [3.8, 4) is 0 Å². The minimum atomic E-state index is -0.843. The number of alkyl carbamates (subject to hydrolysis) is 2. The molecule has 0 radical (unpaired) electrons. The molecule has 4 unspecified atom stereocenters. The second kappa shape index (κ2) is 16.7. The van der Waals surface area contributed by atoms with Gasteiger partial charge in [-0.3, -0.25) is 0 Å². The number of carbonyl (C=O) groups is 2. The van der Waals surface area contributed by atoms with Gasteiger partial charge in [0.1, 0.15) is 25.4 Å². The smallest absolute Gasteiger partial charge is 0.407 e. The Morgan fingerprint density at radius 3 is 1.40 bits per heavy atom. The van der Waals surface area contributed by atoms with Gasteiger partial charge in [0.15, 0.2) is 11.6 Å². The summed E-state index contributed by atoms with van der Waals surface area (Å²) in [6, 6.07) is 17.9. The van der Waals surface area contributed by atoms with Gasteiger partial charge < -0.3 is 48.5 Å². The van der Waals surface area contributed by atoms with Gasteiger partial charge in [-0.1, -0.05) is 74.5 Å². The Labute approximate surface area is 277 Å². The lowest BCUT2D eigenvalue weighted by molar-refractivity contribution is -0.207. The van der Waals surface area contributed by atoms with Crippen LogP contribution in [-0.2, 0) is 51.1 Å². The van der Waals surface area contributed by atoms with Crippen molar-refractivity contribution in [3.05, 3.63) is 71.8 Å². The normalized spacial score (nSPS) is 24.3. The Hall–Kier alpha value is -3.26. The van der Waals surface area contributed by atoms with Gasteiger partial charge >= 0.3 is 12.2 Å². The van der Waals surface area contributed by atoms with E-state index < -0.39 is 53.5 Å². The van der Waals surface area contributed by atoms with Gasteiger partial charge in [-0.05, 0) is 38.8 Å². The topological polar surface area (TPSA) is 132 Å². The van der Waals surface area contributed by atoms with E-state index in [-0.39, 0.29) is 52.9 Å². The first-order valence-electron chi connectivity index (χ1n) is 16.0. The maximum absolute atomic E-state index is 12.7. The zero-order valence-electron chi connectivity index (χ0n) is 28.3. The second-order valence-corrected chi connectivity index (χ2v) is 13.5. The van der Waals surface area contributed by atoms with Crippen LogP contribution >= 0.6 is 0 Å². The molecule has 0 aliphatic carbocycles. The van der Waals surface area contributed by atoms with E-state index >= 15 is 0 Å². The van der Waals surface area contributed by atoms with Crippen molar-refractivity contribution < 1.29 is 47.5 Å². The summed E-state index contributed by atoms with van der Waals surface area (Å²) >= 11 is 0. The molecule has 4 atom stereocenters. The largest absolute Gasteiger partial charge is 0.445 e. The molecule has 4 rings (SSSR count). The van der Waals surface area contributed by atoms with E-state index in [0.29, 0.717) is 0 Å². The number of hydrogen-bond donors (Lipinski definition) is 2. The minimum Gasteiger partial charge on any atom is -0.445 e. The Bertz CT molecular complexity index is 1160. The highest BCUT2D eigenvalue weighted by Gasteiger charge is 2.38. The van der Waals surface area contributed by atoms with Crippen molar-refractivity contribution in [3.63, 3.8) is 0 Å². The van der Waals surface area contributed by atoms with Crippen LogP contribution in [0.5, 0.6) is 0 Å². The van der Waals surface area contributed by atoms with E-state index in [0.717, 1.165) is 11.1 Å². The molecule has 2 aromatic carbocycles. The van der Waals surface area contributed by atoms with Crippen molar-refractivity contribution in [1.82, 2.24) is 10.6 Å². The van der Waals surface area contributed by atoms with Crippen LogP contribution in [0.2, 0.25) is 0 Å². The van der Waals surface area contributed by atoms with Crippen LogP contribution < -0.4 is 10.6 Å². The first-order chi connectivity index (χ1) is 22.3. The van der Waals surface area contributed by atoms with Crippen molar-refractivity contribution in [2.24, 2.45) is 5.41 Å². The number of benzene rings is 2. The molecule has 0 saturated carbocycles. The molecule has 47 heavy (non-hydrogen) atoms. The Kier molecular flexibility index (Phi) is 13.0. The van der Waals surface area contributed by atoms with Crippen LogP contribution in [-0.4, -0.2) is 87.7 Å². The standard InChI is InChI=1S/C35H50N2O10/c1-33(2,23-42-29-21-46-34(3,4)44-19-27(29)36-31(38)40-17-25-13-9-7-10-14-25)24-43-30-22-47-35(5,6)45-20-28(30)37-32(39)41-18-26-15-11-8-12-16-26/h7-16,27-30H,17-24H2,1-6H3,(H,36,38)(H,37,39). The lowest BCUT2D eigenvalue weighted by Gasteiger charge is -2.32. The van der Waals surface area contributed by atoms with E-state index in [1.54, 1.807) is 0 Å². The van der Waals surface area contributed by atoms with Crippen LogP contribution in [0.4, 0.5) is 9.59 Å². The Morgan fingerprint density at radius 1 is 0.660 bits per heavy atom. The fourth-order valence-electron chi connectivity index (χ4n) is 4.81. The molecule has 0 aromatic heterocycles. The highest BCUT2D eigenvalue weighted by Crippen LogP contribution is 2.25. The molecule has 2 aromatic rings. The summed E-state index contributed by atoms with van der Waals surface area (Å²) in [5.41, 5.74) is 1.30. The third-order valence-corrected chi connectivity index (χ3v) is 7.72. The number of nitrogens with one attached hydrogen (secondary N) is 2. The van der Waals surface area contributed by atoms with Gasteiger partial charge in [0.05, 0.1) is 51.7 Å². The number of rotatable bonds is 12. The third kappa shape index (κ3) is 12.7.